The van der Waals surface area contributed by atoms with Crippen LogP contribution >= 0.6 is 34.2 Å². The van der Waals surface area contributed by atoms with Gasteiger partial charge in [-0.15, -0.1) is 11.6 Å². The van der Waals surface area contributed by atoms with E-state index in [2.05, 4.69) is 9.97 Å². The van der Waals surface area contributed by atoms with Gasteiger partial charge >= 0.3 is 0 Å². The van der Waals surface area contributed by atoms with Gasteiger partial charge in [0.2, 0.25) is 0 Å². The second-order valence-electron chi connectivity index (χ2n) is 3.87. The fourth-order valence-corrected chi connectivity index (χ4v) is 1.82. The van der Waals surface area contributed by atoms with E-state index in [9.17, 15) is 4.79 Å². The van der Waals surface area contributed by atoms with E-state index >= 15 is 0 Å². The Labute approximate surface area is 107 Å². The van der Waals surface area contributed by atoms with E-state index in [0.717, 1.165) is 0 Å². The molecule has 15 heavy (non-hydrogen) atoms. The van der Waals surface area contributed by atoms with Gasteiger partial charge in [-0.05, 0) is 36.4 Å². The first-order valence-electron chi connectivity index (χ1n) is 4.43. The predicted octanol–water partition coefficient (Wildman–Crippen LogP) is 1.83. The van der Waals surface area contributed by atoms with Crippen LogP contribution in [0.3, 0.4) is 0 Å². The van der Waals surface area contributed by atoms with Gasteiger partial charge in [0.25, 0.3) is 5.56 Å². The van der Waals surface area contributed by atoms with Crippen LogP contribution in [0.15, 0.2) is 11.1 Å². The summed E-state index contributed by atoms with van der Waals surface area (Å²) in [5.41, 5.74) is -0.361. The van der Waals surface area contributed by atoms with Crippen molar-refractivity contribution in [1.82, 2.24) is 9.97 Å². The number of halogens is 2. The van der Waals surface area contributed by atoms with Gasteiger partial charge in [-0.1, -0.05) is 0 Å². The van der Waals surface area contributed by atoms with Crippen molar-refractivity contribution in [1.29, 1.82) is 0 Å². The summed E-state index contributed by atoms with van der Waals surface area (Å²) in [6.07, 6.45) is 1.40. The number of hydrogen-bond donors (Lipinski definition) is 1. The minimum Gasteiger partial charge on any atom is -0.352 e. The van der Waals surface area contributed by atoms with Gasteiger partial charge in [0, 0.05) is 18.5 Å². The molecule has 1 rings (SSSR count). The van der Waals surface area contributed by atoms with E-state index in [-0.39, 0.29) is 11.1 Å². The molecule has 0 radical (unpaired) electrons. The number of alkyl halides is 1. The van der Waals surface area contributed by atoms with E-state index in [4.69, 9.17) is 11.6 Å². The highest BCUT2D eigenvalue weighted by atomic mass is 127. The zero-order valence-electron chi connectivity index (χ0n) is 8.84. The van der Waals surface area contributed by atoms with E-state index in [0.29, 0.717) is 15.3 Å². The van der Waals surface area contributed by atoms with Gasteiger partial charge in [-0.2, -0.15) is 0 Å². The summed E-state index contributed by atoms with van der Waals surface area (Å²) in [7, 11) is 1.88. The Kier molecular flexibility index (Phi) is 3.99. The Morgan fingerprint density at radius 2 is 2.27 bits per heavy atom. The number of nitrogens with one attached hydrogen (secondary N) is 1. The van der Waals surface area contributed by atoms with Gasteiger partial charge < -0.3 is 9.88 Å². The smallest absolute Gasteiger partial charge is 0.266 e. The zero-order chi connectivity index (χ0) is 11.6. The molecule has 0 aromatic carbocycles. The second kappa shape index (κ2) is 4.69. The van der Waals surface area contributed by atoms with E-state index in [1.54, 1.807) is 0 Å². The van der Waals surface area contributed by atoms with Crippen LogP contribution in [0.25, 0.3) is 0 Å². The summed E-state index contributed by atoms with van der Waals surface area (Å²) >= 11 is 7.86. The molecule has 0 fully saturated rings. The van der Waals surface area contributed by atoms with Crippen LogP contribution in [0.2, 0.25) is 0 Å². The average molecular weight is 342 g/mol. The molecular formula is C9H13ClIN3O. The molecule has 4 nitrogen and oxygen atoms in total. The topological polar surface area (TPSA) is 49.0 Å². The van der Waals surface area contributed by atoms with Crippen LogP contribution in [0.5, 0.6) is 0 Å². The van der Waals surface area contributed by atoms with Gasteiger partial charge in [-0.3, -0.25) is 4.79 Å². The first-order valence-corrected chi connectivity index (χ1v) is 6.04. The number of rotatable bonds is 3. The molecule has 0 aliphatic heterocycles. The van der Waals surface area contributed by atoms with E-state index in [1.165, 1.54) is 6.33 Å². The summed E-state index contributed by atoms with van der Waals surface area (Å²) in [6, 6.07) is 0. The Hall–Kier alpha value is -0.300. The fourth-order valence-electron chi connectivity index (χ4n) is 0.984. The zero-order valence-corrected chi connectivity index (χ0v) is 11.8. The lowest BCUT2D eigenvalue weighted by Crippen LogP contribution is -2.44. The molecule has 1 aromatic heterocycles. The molecule has 1 N–H and O–H groups in total. The van der Waals surface area contributed by atoms with Crippen molar-refractivity contribution in [3.05, 3.63) is 20.3 Å². The summed E-state index contributed by atoms with van der Waals surface area (Å²) in [5.74, 6) is 1.12. The molecule has 0 bridgehead atoms. The lowest BCUT2D eigenvalue weighted by Gasteiger charge is -2.35. The molecule has 1 heterocycles. The van der Waals surface area contributed by atoms with Gasteiger partial charge in [0.05, 0.1) is 6.33 Å². The van der Waals surface area contributed by atoms with Crippen LogP contribution in [0, 0.1) is 3.57 Å². The standard InChI is InChI=1S/C9H13ClIN3O/c1-9(2,4-10)14(3)7-6(11)8(15)13-5-12-7/h5H,4H2,1-3H3,(H,12,13,15). The summed E-state index contributed by atoms with van der Waals surface area (Å²) < 4.78 is 0.579. The SMILES string of the molecule is CN(c1nc[nH]c(=O)c1I)C(C)(C)CCl. The minimum atomic E-state index is -0.234. The molecule has 84 valence electrons. The third-order valence-corrected chi connectivity index (χ3v) is 3.96. The maximum absolute atomic E-state index is 11.4. The van der Waals surface area contributed by atoms with Crippen molar-refractivity contribution in [2.24, 2.45) is 0 Å². The number of aromatic nitrogens is 2. The van der Waals surface area contributed by atoms with Crippen LogP contribution < -0.4 is 10.5 Å². The number of nitrogens with zero attached hydrogens (tertiary/aromatic N) is 2. The molecule has 0 aliphatic rings. The third-order valence-electron chi connectivity index (χ3n) is 2.33. The number of aromatic amines is 1. The molecule has 0 saturated carbocycles. The first-order chi connectivity index (χ1) is 6.90. The minimum absolute atomic E-state index is 0.127. The van der Waals surface area contributed by atoms with Gasteiger partial charge in [0.15, 0.2) is 0 Å². The van der Waals surface area contributed by atoms with Crippen molar-refractivity contribution in [3.8, 4) is 0 Å². The number of H-pyrrole nitrogens is 1. The Bertz CT molecular complexity index is 405. The van der Waals surface area contributed by atoms with Crippen molar-refractivity contribution in [2.45, 2.75) is 19.4 Å². The summed E-state index contributed by atoms with van der Waals surface area (Å²) in [6.45, 7) is 4.00. The fraction of sp³-hybridized carbons (Fsp3) is 0.556. The van der Waals surface area contributed by atoms with Crippen LogP contribution in [-0.2, 0) is 0 Å². The molecule has 6 heteroatoms. The number of anilines is 1. The highest BCUT2D eigenvalue weighted by Gasteiger charge is 2.25. The Balaban J connectivity index is 3.17. The number of hydrogen-bond acceptors (Lipinski definition) is 3. The average Bonchev–Trinajstić information content (AvgIpc) is 2.21. The Morgan fingerprint density at radius 1 is 1.67 bits per heavy atom. The molecular weight excluding hydrogens is 328 g/mol. The molecule has 0 atom stereocenters. The van der Waals surface area contributed by atoms with Crippen molar-refractivity contribution in [2.75, 3.05) is 17.8 Å². The molecule has 0 aliphatic carbocycles. The van der Waals surface area contributed by atoms with Crippen LogP contribution in [0.1, 0.15) is 13.8 Å². The molecule has 1 aromatic rings. The summed E-state index contributed by atoms with van der Waals surface area (Å²) in [5, 5.41) is 0. The third kappa shape index (κ3) is 2.63. The molecule has 0 amide bonds. The monoisotopic (exact) mass is 341 g/mol. The van der Waals surface area contributed by atoms with Crippen LogP contribution in [0.4, 0.5) is 5.82 Å². The van der Waals surface area contributed by atoms with Gasteiger partial charge in [-0.25, -0.2) is 4.98 Å². The largest absolute Gasteiger partial charge is 0.352 e. The highest BCUT2D eigenvalue weighted by Crippen LogP contribution is 2.23. The lowest BCUT2D eigenvalue weighted by atomic mass is 10.1. The molecule has 0 saturated heterocycles. The maximum atomic E-state index is 11.4. The van der Waals surface area contributed by atoms with Crippen molar-refractivity contribution in [3.63, 3.8) is 0 Å². The quantitative estimate of drug-likeness (QED) is 0.674. The van der Waals surface area contributed by atoms with E-state index in [1.807, 2.05) is 48.4 Å². The maximum Gasteiger partial charge on any atom is 0.266 e. The first kappa shape index (κ1) is 12.8. The normalized spacial score (nSPS) is 11.5. The van der Waals surface area contributed by atoms with Gasteiger partial charge in [0.1, 0.15) is 9.39 Å². The summed E-state index contributed by atoms with van der Waals surface area (Å²) in [4.78, 5) is 20.0. The van der Waals surface area contributed by atoms with Crippen molar-refractivity contribution < 1.29 is 0 Å². The highest BCUT2D eigenvalue weighted by molar-refractivity contribution is 14.1. The van der Waals surface area contributed by atoms with Crippen LogP contribution in [-0.4, -0.2) is 28.4 Å². The lowest BCUT2D eigenvalue weighted by molar-refractivity contribution is 0.538. The second-order valence-corrected chi connectivity index (χ2v) is 5.22. The molecule has 0 unspecified atom stereocenters. The predicted molar refractivity (Wildman–Crippen MR) is 70.8 cm³/mol. The molecule has 0 spiro atoms. The van der Waals surface area contributed by atoms with E-state index < -0.39 is 0 Å². The van der Waals surface area contributed by atoms with Crippen molar-refractivity contribution >= 4 is 40.0 Å². The Morgan fingerprint density at radius 3 is 2.80 bits per heavy atom.